The summed E-state index contributed by atoms with van der Waals surface area (Å²) in [6.07, 6.45) is 2.40. The number of aryl methyl sites for hydroxylation is 1. The van der Waals surface area contributed by atoms with Gasteiger partial charge in [0.05, 0.1) is 18.5 Å². The highest BCUT2D eigenvalue weighted by atomic mass is 16.5. The van der Waals surface area contributed by atoms with Gasteiger partial charge >= 0.3 is 5.97 Å². The average Bonchev–Trinajstić information content (AvgIpc) is 3.32. The van der Waals surface area contributed by atoms with Crippen molar-refractivity contribution in [3.05, 3.63) is 88.5 Å². The first kappa shape index (κ1) is 23.2. The van der Waals surface area contributed by atoms with E-state index in [2.05, 4.69) is 22.4 Å². The first-order chi connectivity index (χ1) is 18.0. The molecule has 3 aromatic carbocycles. The number of carbonyl (C=O) groups excluding carboxylic acids is 1. The van der Waals surface area contributed by atoms with E-state index in [1.54, 1.807) is 0 Å². The van der Waals surface area contributed by atoms with E-state index in [1.807, 2.05) is 58.1 Å². The molecule has 4 aromatic rings. The Labute approximate surface area is 214 Å². The minimum absolute atomic E-state index is 0.0233. The highest BCUT2D eigenvalue weighted by Crippen LogP contribution is 2.33. The van der Waals surface area contributed by atoms with Crippen LogP contribution in [0.1, 0.15) is 57.8 Å². The van der Waals surface area contributed by atoms with Gasteiger partial charge in [-0.1, -0.05) is 35.5 Å². The second kappa shape index (κ2) is 9.69. The van der Waals surface area contributed by atoms with Crippen molar-refractivity contribution >= 4 is 22.9 Å². The number of nitrogens with zero attached hydrogens (tertiary/aromatic N) is 4. The fraction of sp³-hybridized carbons (Fsp3) is 0.310. The van der Waals surface area contributed by atoms with E-state index in [1.165, 1.54) is 5.56 Å². The molecule has 1 amide bonds. The van der Waals surface area contributed by atoms with E-state index in [0.717, 1.165) is 47.0 Å². The summed E-state index contributed by atoms with van der Waals surface area (Å²) in [5, 5.41) is 18.4. The van der Waals surface area contributed by atoms with Crippen LogP contribution in [0.5, 0.6) is 5.75 Å². The molecule has 188 valence electrons. The number of ether oxygens (including phenoxy) is 1. The van der Waals surface area contributed by atoms with Crippen LogP contribution in [0.25, 0.3) is 11.0 Å². The number of hydrogen-bond acceptors (Lipinski definition) is 5. The molecule has 1 atom stereocenters. The second-order valence-corrected chi connectivity index (χ2v) is 9.80. The second-order valence-electron chi connectivity index (χ2n) is 9.80. The summed E-state index contributed by atoms with van der Waals surface area (Å²) in [4.78, 5) is 27.1. The Kier molecular flexibility index (Phi) is 6.08. The molecule has 0 aliphatic carbocycles. The number of carbonyl (C=O) groups is 2. The fourth-order valence-corrected chi connectivity index (χ4v) is 5.39. The monoisotopic (exact) mass is 496 g/mol. The number of rotatable bonds is 2. The standard InChI is InChI=1S/C29H28N4O4/c34-28(35)17-25-20-7-6-19-10-12-32(18-23(19)14-20)29(36)22-4-3-5-24(15-22)37-13-2-1-11-33-27-16-21(25)8-9-26(27)30-31-33/h3-9,14-16,25H,1-2,10-13,17-18H2,(H,34,35). The zero-order chi connectivity index (χ0) is 25.4. The average molecular weight is 497 g/mol. The van der Waals surface area contributed by atoms with Crippen LogP contribution < -0.4 is 4.74 Å². The van der Waals surface area contributed by atoms with E-state index in [9.17, 15) is 14.7 Å². The first-order valence-electron chi connectivity index (χ1n) is 12.7. The van der Waals surface area contributed by atoms with Gasteiger partial charge in [0, 0.05) is 31.1 Å². The van der Waals surface area contributed by atoms with Crippen LogP contribution in [0.2, 0.25) is 0 Å². The maximum absolute atomic E-state index is 13.4. The van der Waals surface area contributed by atoms with Gasteiger partial charge in [-0.2, -0.15) is 0 Å². The fourth-order valence-electron chi connectivity index (χ4n) is 5.39. The number of aliphatic carboxylic acids is 1. The summed E-state index contributed by atoms with van der Waals surface area (Å²) in [5.74, 6) is -0.515. The van der Waals surface area contributed by atoms with Crippen LogP contribution in [0.4, 0.5) is 0 Å². The van der Waals surface area contributed by atoms with Crippen LogP contribution >= 0.6 is 0 Å². The van der Waals surface area contributed by atoms with Gasteiger partial charge in [0.1, 0.15) is 11.3 Å². The summed E-state index contributed by atoms with van der Waals surface area (Å²) in [6.45, 7) is 2.35. The van der Waals surface area contributed by atoms with E-state index in [-0.39, 0.29) is 18.2 Å². The number of amides is 1. The Morgan fingerprint density at radius 3 is 2.76 bits per heavy atom. The Bertz CT molecular complexity index is 1490. The van der Waals surface area contributed by atoms with Gasteiger partial charge in [0.25, 0.3) is 5.91 Å². The van der Waals surface area contributed by atoms with Gasteiger partial charge in [0.15, 0.2) is 0 Å². The third kappa shape index (κ3) is 4.67. The minimum atomic E-state index is -0.857. The van der Waals surface area contributed by atoms with Crippen molar-refractivity contribution in [2.75, 3.05) is 13.2 Å². The van der Waals surface area contributed by atoms with Crippen LogP contribution in [-0.4, -0.2) is 50.0 Å². The van der Waals surface area contributed by atoms with Gasteiger partial charge in [0.2, 0.25) is 0 Å². The van der Waals surface area contributed by atoms with Gasteiger partial charge in [-0.05, 0) is 71.8 Å². The van der Waals surface area contributed by atoms with E-state index >= 15 is 0 Å². The molecule has 0 fully saturated rings. The van der Waals surface area contributed by atoms with Crippen molar-refractivity contribution in [3.8, 4) is 5.75 Å². The zero-order valence-corrected chi connectivity index (χ0v) is 20.5. The SMILES string of the molecule is O=C(O)CC1c2ccc3c(c2)CN(CC3)C(=O)c2cccc(c2)OCCCCn2nnc3ccc1cc32. The smallest absolute Gasteiger partial charge is 0.304 e. The molecule has 0 spiro atoms. The van der Waals surface area contributed by atoms with Gasteiger partial charge in [-0.25, -0.2) is 4.68 Å². The Balaban J connectivity index is 1.44. The molecule has 2 aliphatic heterocycles. The lowest BCUT2D eigenvalue weighted by Crippen LogP contribution is -2.36. The van der Waals surface area contributed by atoms with Gasteiger partial charge in [-0.3, -0.25) is 9.59 Å². The van der Waals surface area contributed by atoms with Crippen molar-refractivity contribution in [2.45, 2.75) is 44.7 Å². The molecule has 1 unspecified atom stereocenters. The molecule has 0 radical (unpaired) electrons. The van der Waals surface area contributed by atoms with Crippen molar-refractivity contribution in [1.82, 2.24) is 19.9 Å². The Hall–Kier alpha value is -4.20. The molecule has 3 heterocycles. The zero-order valence-electron chi connectivity index (χ0n) is 20.5. The summed E-state index contributed by atoms with van der Waals surface area (Å²) in [7, 11) is 0. The molecule has 8 heteroatoms. The van der Waals surface area contributed by atoms with Crippen molar-refractivity contribution in [2.24, 2.45) is 0 Å². The number of carboxylic acid groups (broad SMARTS) is 1. The van der Waals surface area contributed by atoms with Gasteiger partial charge < -0.3 is 14.7 Å². The molecule has 6 rings (SSSR count). The summed E-state index contributed by atoms with van der Waals surface area (Å²) < 4.78 is 7.84. The normalized spacial score (nSPS) is 17.8. The summed E-state index contributed by atoms with van der Waals surface area (Å²) >= 11 is 0. The molecule has 1 aromatic heterocycles. The molecule has 2 aliphatic rings. The third-order valence-electron chi connectivity index (χ3n) is 7.37. The summed E-state index contributed by atoms with van der Waals surface area (Å²) in [5.41, 5.74) is 6.40. The predicted octanol–water partition coefficient (Wildman–Crippen LogP) is 4.41. The van der Waals surface area contributed by atoms with Crippen LogP contribution in [0.3, 0.4) is 0 Å². The van der Waals surface area contributed by atoms with Crippen LogP contribution in [0.15, 0.2) is 60.7 Å². The highest BCUT2D eigenvalue weighted by molar-refractivity contribution is 5.94. The molecular formula is C29H28N4O4. The number of hydrogen-bond donors (Lipinski definition) is 1. The molecule has 0 saturated heterocycles. The molecule has 37 heavy (non-hydrogen) atoms. The minimum Gasteiger partial charge on any atom is -0.494 e. The molecule has 7 bridgehead atoms. The quantitative estimate of drug-likeness (QED) is 0.442. The van der Waals surface area contributed by atoms with E-state index < -0.39 is 5.97 Å². The maximum Gasteiger partial charge on any atom is 0.304 e. The number of aromatic nitrogens is 3. The number of fused-ring (bicyclic) bond motifs is 5. The van der Waals surface area contributed by atoms with Crippen molar-refractivity contribution in [1.29, 1.82) is 0 Å². The van der Waals surface area contributed by atoms with E-state index in [0.29, 0.717) is 37.6 Å². The van der Waals surface area contributed by atoms with Gasteiger partial charge in [-0.15, -0.1) is 5.10 Å². The largest absolute Gasteiger partial charge is 0.494 e. The van der Waals surface area contributed by atoms with Crippen molar-refractivity contribution in [3.63, 3.8) is 0 Å². The Morgan fingerprint density at radius 2 is 1.86 bits per heavy atom. The topological polar surface area (TPSA) is 97.6 Å². The first-order valence-corrected chi connectivity index (χ1v) is 12.7. The lowest BCUT2D eigenvalue weighted by Gasteiger charge is -2.30. The molecule has 1 N–H and O–H groups in total. The Morgan fingerprint density at radius 1 is 1.00 bits per heavy atom. The van der Waals surface area contributed by atoms with Crippen molar-refractivity contribution < 1.29 is 19.4 Å². The number of carboxylic acids is 1. The van der Waals surface area contributed by atoms with Crippen LogP contribution in [-0.2, 0) is 24.3 Å². The predicted molar refractivity (Wildman–Crippen MR) is 138 cm³/mol. The maximum atomic E-state index is 13.4. The van der Waals surface area contributed by atoms with E-state index in [4.69, 9.17) is 4.74 Å². The van der Waals surface area contributed by atoms with Crippen LogP contribution in [0, 0.1) is 0 Å². The third-order valence-corrected chi connectivity index (χ3v) is 7.37. The summed E-state index contributed by atoms with van der Waals surface area (Å²) in [6, 6.07) is 19.5. The molecule has 0 saturated carbocycles. The number of benzene rings is 3. The highest BCUT2D eigenvalue weighted by Gasteiger charge is 2.25. The molecular weight excluding hydrogens is 468 g/mol. The lowest BCUT2D eigenvalue weighted by molar-refractivity contribution is -0.137. The lowest BCUT2D eigenvalue weighted by atomic mass is 9.85. The molecule has 8 nitrogen and oxygen atoms in total.